The minimum Gasteiger partial charge on any atom is -0.478 e. The van der Waals surface area contributed by atoms with E-state index in [0.717, 1.165) is 12.8 Å². The minimum atomic E-state index is -0.762. The SMILES string of the molecule is O=C(O)C1=CC[C@@H](c2ccccc2)CC1. The molecule has 0 spiro atoms. The number of carboxylic acid groups (broad SMARTS) is 1. The summed E-state index contributed by atoms with van der Waals surface area (Å²) in [6, 6.07) is 10.3. The second kappa shape index (κ2) is 4.30. The van der Waals surface area contributed by atoms with Crippen molar-refractivity contribution in [3.63, 3.8) is 0 Å². The lowest BCUT2D eigenvalue weighted by Gasteiger charge is -2.20. The number of carbonyl (C=O) groups is 1. The second-order valence-electron chi connectivity index (χ2n) is 3.92. The molecule has 1 aromatic rings. The molecule has 0 saturated carbocycles. The summed E-state index contributed by atoms with van der Waals surface area (Å²) in [5.74, 6) is -0.268. The van der Waals surface area contributed by atoms with Crippen molar-refractivity contribution in [3.8, 4) is 0 Å². The van der Waals surface area contributed by atoms with Crippen LogP contribution < -0.4 is 0 Å². The lowest BCUT2D eigenvalue weighted by atomic mass is 9.85. The normalized spacial score (nSPS) is 20.8. The van der Waals surface area contributed by atoms with E-state index in [2.05, 4.69) is 12.1 Å². The molecule has 1 aromatic carbocycles. The summed E-state index contributed by atoms with van der Waals surface area (Å²) in [4.78, 5) is 10.7. The number of benzene rings is 1. The van der Waals surface area contributed by atoms with Crippen molar-refractivity contribution in [1.29, 1.82) is 0 Å². The molecule has 2 heteroatoms. The van der Waals surface area contributed by atoms with Crippen LogP contribution in [0, 0.1) is 0 Å². The van der Waals surface area contributed by atoms with Gasteiger partial charge in [0.25, 0.3) is 0 Å². The average molecular weight is 202 g/mol. The molecule has 1 aliphatic carbocycles. The molecule has 0 radical (unpaired) electrons. The van der Waals surface area contributed by atoms with Crippen LogP contribution in [0.2, 0.25) is 0 Å². The Hall–Kier alpha value is -1.57. The Morgan fingerprint density at radius 1 is 1.27 bits per heavy atom. The van der Waals surface area contributed by atoms with Gasteiger partial charge in [-0.3, -0.25) is 0 Å². The van der Waals surface area contributed by atoms with Crippen LogP contribution in [-0.4, -0.2) is 11.1 Å². The monoisotopic (exact) mass is 202 g/mol. The van der Waals surface area contributed by atoms with Crippen LogP contribution in [0.3, 0.4) is 0 Å². The van der Waals surface area contributed by atoms with Crippen molar-refractivity contribution in [3.05, 3.63) is 47.5 Å². The van der Waals surface area contributed by atoms with Gasteiger partial charge in [0.05, 0.1) is 0 Å². The smallest absolute Gasteiger partial charge is 0.331 e. The summed E-state index contributed by atoms with van der Waals surface area (Å²) in [6.45, 7) is 0. The van der Waals surface area contributed by atoms with Gasteiger partial charge in [0.2, 0.25) is 0 Å². The molecule has 0 unspecified atom stereocenters. The van der Waals surface area contributed by atoms with Gasteiger partial charge in [-0.1, -0.05) is 36.4 Å². The van der Waals surface area contributed by atoms with Gasteiger partial charge in [-0.2, -0.15) is 0 Å². The zero-order valence-electron chi connectivity index (χ0n) is 8.52. The molecular formula is C13H14O2. The molecule has 0 amide bonds. The average Bonchev–Trinajstić information content (AvgIpc) is 2.30. The molecule has 0 bridgehead atoms. The van der Waals surface area contributed by atoms with Gasteiger partial charge in [-0.15, -0.1) is 0 Å². The molecule has 1 aliphatic rings. The topological polar surface area (TPSA) is 37.3 Å². The maximum atomic E-state index is 10.7. The van der Waals surface area contributed by atoms with Gasteiger partial charge in [0.1, 0.15) is 0 Å². The number of rotatable bonds is 2. The Labute approximate surface area is 89.2 Å². The predicted molar refractivity (Wildman–Crippen MR) is 58.8 cm³/mol. The van der Waals surface area contributed by atoms with Gasteiger partial charge >= 0.3 is 5.97 Å². The van der Waals surface area contributed by atoms with Crippen LogP contribution >= 0.6 is 0 Å². The van der Waals surface area contributed by atoms with E-state index in [4.69, 9.17) is 5.11 Å². The predicted octanol–water partition coefficient (Wildman–Crippen LogP) is 2.97. The first-order chi connectivity index (χ1) is 7.27. The van der Waals surface area contributed by atoms with Gasteiger partial charge in [-0.25, -0.2) is 4.79 Å². The first-order valence-electron chi connectivity index (χ1n) is 5.24. The van der Waals surface area contributed by atoms with Crippen LogP contribution in [0.15, 0.2) is 42.0 Å². The summed E-state index contributed by atoms with van der Waals surface area (Å²) in [5, 5.41) is 8.83. The summed E-state index contributed by atoms with van der Waals surface area (Å²) < 4.78 is 0. The molecule has 0 saturated heterocycles. The zero-order chi connectivity index (χ0) is 10.7. The molecule has 2 nitrogen and oxygen atoms in total. The Morgan fingerprint density at radius 3 is 2.53 bits per heavy atom. The number of hydrogen-bond acceptors (Lipinski definition) is 1. The molecule has 0 aromatic heterocycles. The van der Waals surface area contributed by atoms with E-state index in [9.17, 15) is 4.79 Å². The van der Waals surface area contributed by atoms with E-state index < -0.39 is 5.97 Å². The third kappa shape index (κ3) is 2.27. The molecule has 78 valence electrons. The Balaban J connectivity index is 2.09. The highest BCUT2D eigenvalue weighted by molar-refractivity contribution is 5.86. The number of carboxylic acids is 1. The number of allylic oxidation sites excluding steroid dienone is 1. The maximum absolute atomic E-state index is 10.7. The molecule has 0 fully saturated rings. The van der Waals surface area contributed by atoms with Gasteiger partial charge < -0.3 is 5.11 Å². The highest BCUT2D eigenvalue weighted by atomic mass is 16.4. The molecular weight excluding hydrogens is 188 g/mol. The minimum absolute atomic E-state index is 0.495. The van der Waals surface area contributed by atoms with Crippen molar-refractivity contribution in [1.82, 2.24) is 0 Å². The lowest BCUT2D eigenvalue weighted by molar-refractivity contribution is -0.132. The molecule has 15 heavy (non-hydrogen) atoms. The highest BCUT2D eigenvalue weighted by Gasteiger charge is 2.18. The van der Waals surface area contributed by atoms with Crippen LogP contribution in [0.25, 0.3) is 0 Å². The first-order valence-corrected chi connectivity index (χ1v) is 5.24. The van der Waals surface area contributed by atoms with E-state index in [-0.39, 0.29) is 0 Å². The second-order valence-corrected chi connectivity index (χ2v) is 3.92. The van der Waals surface area contributed by atoms with Crippen molar-refractivity contribution < 1.29 is 9.90 Å². The summed E-state index contributed by atoms with van der Waals surface area (Å²) in [6.07, 6.45) is 4.35. The number of hydrogen-bond donors (Lipinski definition) is 1. The van der Waals surface area contributed by atoms with Gasteiger partial charge in [0, 0.05) is 5.57 Å². The molecule has 1 N–H and O–H groups in total. The highest BCUT2D eigenvalue weighted by Crippen LogP contribution is 2.31. The summed E-state index contributed by atoms with van der Waals surface area (Å²) in [7, 11) is 0. The van der Waals surface area contributed by atoms with Crippen molar-refractivity contribution in [2.24, 2.45) is 0 Å². The molecule has 2 rings (SSSR count). The fourth-order valence-electron chi connectivity index (χ4n) is 2.06. The van der Waals surface area contributed by atoms with Crippen LogP contribution in [0.4, 0.5) is 0 Å². The zero-order valence-corrected chi connectivity index (χ0v) is 8.52. The molecule has 1 atom stereocenters. The Morgan fingerprint density at radius 2 is 2.00 bits per heavy atom. The van der Waals surface area contributed by atoms with E-state index in [1.165, 1.54) is 5.56 Å². The van der Waals surface area contributed by atoms with Gasteiger partial charge in [-0.05, 0) is 30.7 Å². The maximum Gasteiger partial charge on any atom is 0.331 e. The Kier molecular flexibility index (Phi) is 2.86. The van der Waals surface area contributed by atoms with Crippen LogP contribution in [0.5, 0.6) is 0 Å². The molecule has 0 aliphatic heterocycles. The third-order valence-corrected chi connectivity index (χ3v) is 2.96. The number of aliphatic carboxylic acids is 1. The van der Waals surface area contributed by atoms with Crippen molar-refractivity contribution in [2.75, 3.05) is 0 Å². The summed E-state index contributed by atoms with van der Waals surface area (Å²) >= 11 is 0. The quantitative estimate of drug-likeness (QED) is 0.800. The van der Waals surface area contributed by atoms with E-state index in [1.807, 2.05) is 24.3 Å². The Bertz CT molecular complexity index is 379. The van der Waals surface area contributed by atoms with E-state index >= 15 is 0 Å². The molecule has 0 heterocycles. The van der Waals surface area contributed by atoms with Crippen molar-refractivity contribution >= 4 is 5.97 Å². The van der Waals surface area contributed by atoms with Crippen molar-refractivity contribution in [2.45, 2.75) is 25.2 Å². The third-order valence-electron chi connectivity index (χ3n) is 2.96. The van der Waals surface area contributed by atoms with E-state index in [1.54, 1.807) is 0 Å². The standard InChI is InChI=1S/C13H14O2/c14-13(15)12-8-6-11(7-9-12)10-4-2-1-3-5-10/h1-5,8,11H,6-7,9H2,(H,14,15)/t11-/m1/s1. The van der Waals surface area contributed by atoms with E-state index in [0.29, 0.717) is 17.9 Å². The van der Waals surface area contributed by atoms with Crippen LogP contribution in [0.1, 0.15) is 30.7 Å². The summed E-state index contributed by atoms with van der Waals surface area (Å²) in [5.41, 5.74) is 1.89. The largest absolute Gasteiger partial charge is 0.478 e. The lowest BCUT2D eigenvalue weighted by Crippen LogP contribution is -2.09. The van der Waals surface area contributed by atoms with Gasteiger partial charge in [0.15, 0.2) is 0 Å². The fraction of sp³-hybridized carbons (Fsp3) is 0.308. The fourth-order valence-corrected chi connectivity index (χ4v) is 2.06. The van der Waals surface area contributed by atoms with Crippen LogP contribution in [-0.2, 0) is 4.79 Å². The first kappa shape index (κ1) is 9.97.